The van der Waals surface area contributed by atoms with Gasteiger partial charge in [-0.15, -0.1) is 11.3 Å². The van der Waals surface area contributed by atoms with Gasteiger partial charge in [0.25, 0.3) is 5.91 Å². The van der Waals surface area contributed by atoms with Crippen LogP contribution in [0.3, 0.4) is 0 Å². The van der Waals surface area contributed by atoms with Gasteiger partial charge in [0.15, 0.2) is 0 Å². The number of anilines is 1. The van der Waals surface area contributed by atoms with E-state index in [0.29, 0.717) is 0 Å². The maximum absolute atomic E-state index is 12.5. The highest BCUT2D eigenvalue weighted by molar-refractivity contribution is 7.17. The topological polar surface area (TPSA) is 44.4 Å². The second-order valence-corrected chi connectivity index (χ2v) is 6.55. The lowest BCUT2D eigenvalue weighted by molar-refractivity contribution is 0.0763. The van der Waals surface area contributed by atoms with E-state index in [2.05, 4.69) is 10.6 Å². The van der Waals surface area contributed by atoms with Crippen LogP contribution in [0, 0.1) is 11.8 Å². The van der Waals surface area contributed by atoms with Crippen molar-refractivity contribution in [2.75, 3.05) is 38.5 Å². The first-order valence-electron chi connectivity index (χ1n) is 7.05. The average molecular weight is 279 g/mol. The first-order valence-corrected chi connectivity index (χ1v) is 7.87. The van der Waals surface area contributed by atoms with Crippen LogP contribution in [0.15, 0.2) is 12.1 Å². The lowest BCUT2D eigenvalue weighted by Crippen LogP contribution is -2.32. The van der Waals surface area contributed by atoms with Crippen molar-refractivity contribution in [1.29, 1.82) is 0 Å². The molecule has 4 nitrogen and oxygen atoms in total. The normalized spacial score (nSPS) is 26.9. The molecule has 104 valence electrons. The first kappa shape index (κ1) is 12.9. The Balaban J connectivity index is 1.67. The quantitative estimate of drug-likeness (QED) is 0.868. The summed E-state index contributed by atoms with van der Waals surface area (Å²) in [4.78, 5) is 15.4. The summed E-state index contributed by atoms with van der Waals surface area (Å²) >= 11 is 1.55. The summed E-state index contributed by atoms with van der Waals surface area (Å²) in [6, 6.07) is 3.92. The molecule has 0 aromatic carbocycles. The first-order chi connectivity index (χ1) is 9.28. The van der Waals surface area contributed by atoms with Crippen LogP contribution in [0.2, 0.25) is 0 Å². The van der Waals surface area contributed by atoms with Crippen LogP contribution in [0.25, 0.3) is 0 Å². The second kappa shape index (κ2) is 5.51. The van der Waals surface area contributed by atoms with E-state index in [1.165, 1.54) is 0 Å². The van der Waals surface area contributed by atoms with Crippen molar-refractivity contribution in [2.24, 2.45) is 11.8 Å². The van der Waals surface area contributed by atoms with Gasteiger partial charge in [0, 0.05) is 20.1 Å². The van der Waals surface area contributed by atoms with Gasteiger partial charge in [0.2, 0.25) is 0 Å². The fraction of sp³-hybridized carbons (Fsp3) is 0.643. The van der Waals surface area contributed by atoms with E-state index in [9.17, 15) is 4.79 Å². The Kier molecular flexibility index (Phi) is 3.75. The van der Waals surface area contributed by atoms with E-state index in [1.54, 1.807) is 11.3 Å². The average Bonchev–Trinajstić information content (AvgIpc) is 3.04. The highest BCUT2D eigenvalue weighted by Crippen LogP contribution is 2.29. The van der Waals surface area contributed by atoms with E-state index in [-0.39, 0.29) is 5.91 Å². The van der Waals surface area contributed by atoms with Crippen molar-refractivity contribution in [3.05, 3.63) is 17.0 Å². The number of hydrogen-bond donors (Lipinski definition) is 2. The third-order valence-electron chi connectivity index (χ3n) is 4.37. The smallest absolute Gasteiger partial charge is 0.263 e. The monoisotopic (exact) mass is 279 g/mol. The van der Waals surface area contributed by atoms with E-state index >= 15 is 0 Å². The maximum Gasteiger partial charge on any atom is 0.263 e. The molecule has 2 atom stereocenters. The fourth-order valence-corrected chi connectivity index (χ4v) is 3.99. The third-order valence-corrected chi connectivity index (χ3v) is 5.46. The van der Waals surface area contributed by atoms with Crippen LogP contribution in [-0.2, 0) is 0 Å². The summed E-state index contributed by atoms with van der Waals surface area (Å²) in [6.07, 6.45) is 2.29. The van der Waals surface area contributed by atoms with Crippen molar-refractivity contribution in [2.45, 2.75) is 12.8 Å². The second-order valence-electron chi connectivity index (χ2n) is 5.46. The van der Waals surface area contributed by atoms with Crippen LogP contribution in [0.5, 0.6) is 0 Å². The number of hydrogen-bond acceptors (Lipinski definition) is 4. The van der Waals surface area contributed by atoms with Crippen LogP contribution in [0.1, 0.15) is 22.5 Å². The van der Waals surface area contributed by atoms with Gasteiger partial charge in [0.1, 0.15) is 0 Å². The molecule has 0 spiro atoms. The predicted molar refractivity (Wildman–Crippen MR) is 78.9 cm³/mol. The lowest BCUT2D eigenvalue weighted by Gasteiger charge is -2.20. The van der Waals surface area contributed by atoms with Gasteiger partial charge in [-0.1, -0.05) is 0 Å². The van der Waals surface area contributed by atoms with Crippen molar-refractivity contribution < 1.29 is 4.79 Å². The number of thiophene rings is 1. The van der Waals surface area contributed by atoms with Crippen LogP contribution >= 0.6 is 11.3 Å². The summed E-state index contributed by atoms with van der Waals surface area (Å²) < 4.78 is 0. The van der Waals surface area contributed by atoms with Crippen LogP contribution in [-0.4, -0.2) is 44.0 Å². The number of fused-ring (bicyclic) bond motifs is 1. The number of carbonyl (C=O) groups excluding carboxylic acids is 1. The van der Waals surface area contributed by atoms with Crippen molar-refractivity contribution in [3.8, 4) is 0 Å². The van der Waals surface area contributed by atoms with Crippen LogP contribution < -0.4 is 10.6 Å². The zero-order valence-corrected chi connectivity index (χ0v) is 12.1. The van der Waals surface area contributed by atoms with E-state index in [4.69, 9.17) is 0 Å². The summed E-state index contributed by atoms with van der Waals surface area (Å²) in [5.41, 5.74) is 0. The summed E-state index contributed by atoms with van der Waals surface area (Å²) in [7, 11) is 1.89. The van der Waals surface area contributed by atoms with Gasteiger partial charge >= 0.3 is 0 Å². The Hall–Kier alpha value is -1.07. The lowest BCUT2D eigenvalue weighted by atomic mass is 9.92. The molecule has 2 aliphatic heterocycles. The molecule has 0 saturated carbocycles. The number of nitrogens with zero attached hydrogens (tertiary/aromatic N) is 1. The van der Waals surface area contributed by atoms with Gasteiger partial charge in [-0.25, -0.2) is 0 Å². The number of likely N-dealkylation sites (tertiary alicyclic amines) is 1. The molecule has 1 aromatic heterocycles. The van der Waals surface area contributed by atoms with E-state index in [1.807, 2.05) is 24.1 Å². The number of amides is 1. The highest BCUT2D eigenvalue weighted by Gasteiger charge is 2.31. The molecule has 2 saturated heterocycles. The molecule has 0 unspecified atom stereocenters. The SMILES string of the molecule is CNc1ccc(C(=O)N2CC[C@@H]3CNC[C@@H]3CC2)s1. The molecule has 0 bridgehead atoms. The van der Waals surface area contributed by atoms with E-state index in [0.717, 1.165) is 60.7 Å². The van der Waals surface area contributed by atoms with E-state index < -0.39 is 0 Å². The zero-order chi connectivity index (χ0) is 13.2. The number of nitrogens with one attached hydrogen (secondary N) is 2. The minimum atomic E-state index is 0.208. The minimum absolute atomic E-state index is 0.208. The molecular weight excluding hydrogens is 258 g/mol. The summed E-state index contributed by atoms with van der Waals surface area (Å²) in [5.74, 6) is 1.75. The van der Waals surface area contributed by atoms with Gasteiger partial charge < -0.3 is 15.5 Å². The Morgan fingerprint density at radius 2 is 2.00 bits per heavy atom. The van der Waals surface area contributed by atoms with Gasteiger partial charge in [-0.2, -0.15) is 0 Å². The standard InChI is InChI=1S/C14H21N3OS/c1-15-13-3-2-12(19-13)14(18)17-6-4-10-8-16-9-11(10)5-7-17/h2-3,10-11,15-16H,4-9H2,1H3/t10-,11+. The molecule has 0 radical (unpaired) electrons. The molecular formula is C14H21N3OS. The minimum Gasteiger partial charge on any atom is -0.380 e. The molecule has 5 heteroatoms. The maximum atomic E-state index is 12.5. The molecule has 0 aliphatic carbocycles. The molecule has 3 heterocycles. The molecule has 1 amide bonds. The van der Waals surface area contributed by atoms with Crippen molar-refractivity contribution >= 4 is 22.2 Å². The van der Waals surface area contributed by atoms with Gasteiger partial charge in [-0.05, 0) is 49.9 Å². The molecule has 1 aromatic rings. The Labute approximate surface area is 118 Å². The van der Waals surface area contributed by atoms with Crippen LogP contribution in [0.4, 0.5) is 5.00 Å². The van der Waals surface area contributed by atoms with Gasteiger partial charge in [0.05, 0.1) is 9.88 Å². The summed E-state index contributed by atoms with van der Waals surface area (Å²) in [6.45, 7) is 4.09. The molecule has 3 rings (SSSR count). The number of rotatable bonds is 2. The van der Waals surface area contributed by atoms with Gasteiger partial charge in [-0.3, -0.25) is 4.79 Å². The molecule has 19 heavy (non-hydrogen) atoms. The largest absolute Gasteiger partial charge is 0.380 e. The Morgan fingerprint density at radius 3 is 2.58 bits per heavy atom. The zero-order valence-electron chi connectivity index (χ0n) is 11.3. The molecule has 2 aliphatic rings. The summed E-state index contributed by atoms with van der Waals surface area (Å²) in [5, 5.41) is 7.61. The number of carbonyl (C=O) groups is 1. The molecule has 2 N–H and O–H groups in total. The third kappa shape index (κ3) is 2.62. The Bertz CT molecular complexity index is 445. The highest BCUT2D eigenvalue weighted by atomic mass is 32.1. The predicted octanol–water partition coefficient (Wildman–Crippen LogP) is 1.86. The molecule has 2 fully saturated rings. The van der Waals surface area contributed by atoms with Crippen molar-refractivity contribution in [3.63, 3.8) is 0 Å². The Morgan fingerprint density at radius 1 is 1.32 bits per heavy atom. The fourth-order valence-electron chi connectivity index (χ4n) is 3.16. The van der Waals surface area contributed by atoms with Crippen molar-refractivity contribution in [1.82, 2.24) is 10.2 Å².